The average Bonchev–Trinajstić information content (AvgIpc) is 2.39. The van der Waals surface area contributed by atoms with Crippen molar-refractivity contribution in [1.82, 2.24) is 5.32 Å². The highest BCUT2D eigenvalue weighted by Gasteiger charge is 2.17. The second-order valence-electron chi connectivity index (χ2n) is 4.00. The van der Waals surface area contributed by atoms with Crippen LogP contribution in [0.1, 0.15) is 23.7 Å². The molecule has 0 aliphatic carbocycles. The number of aliphatic carboxylic acids is 1. The lowest BCUT2D eigenvalue weighted by molar-refractivity contribution is -0.141. The van der Waals surface area contributed by atoms with E-state index in [-0.39, 0.29) is 12.5 Å². The molecule has 1 unspecified atom stereocenters. The smallest absolute Gasteiger partial charge is 0.308 e. The van der Waals surface area contributed by atoms with E-state index in [4.69, 9.17) is 16.7 Å². The largest absolute Gasteiger partial charge is 0.481 e. The molecule has 1 atom stereocenters. The molecule has 0 heterocycles. The van der Waals surface area contributed by atoms with Gasteiger partial charge in [0, 0.05) is 11.4 Å². The van der Waals surface area contributed by atoms with E-state index < -0.39 is 11.9 Å². The first-order chi connectivity index (χ1) is 8.99. The maximum atomic E-state index is 12.0. The van der Waals surface area contributed by atoms with Crippen molar-refractivity contribution < 1.29 is 14.7 Å². The van der Waals surface area contributed by atoms with E-state index in [1.165, 1.54) is 11.8 Å². The molecule has 1 rings (SSSR count). The van der Waals surface area contributed by atoms with Crippen molar-refractivity contribution in [3.63, 3.8) is 0 Å². The average molecular weight is 302 g/mol. The Labute approximate surface area is 121 Å². The zero-order chi connectivity index (χ0) is 14.4. The van der Waals surface area contributed by atoms with Gasteiger partial charge in [0.25, 0.3) is 5.91 Å². The Morgan fingerprint density at radius 2 is 2.16 bits per heavy atom. The van der Waals surface area contributed by atoms with Crippen LogP contribution in [-0.4, -0.2) is 29.8 Å². The normalized spacial score (nSPS) is 11.9. The number of benzene rings is 1. The summed E-state index contributed by atoms with van der Waals surface area (Å²) in [6, 6.07) is 5.19. The number of thioether (sulfide) groups is 1. The highest BCUT2D eigenvalue weighted by molar-refractivity contribution is 7.98. The molecule has 0 fully saturated rings. The third-order valence-electron chi connectivity index (χ3n) is 2.77. The van der Waals surface area contributed by atoms with Gasteiger partial charge >= 0.3 is 5.97 Å². The Morgan fingerprint density at radius 3 is 2.68 bits per heavy atom. The van der Waals surface area contributed by atoms with Crippen molar-refractivity contribution in [2.75, 3.05) is 12.8 Å². The number of nitrogens with one attached hydrogen (secondary N) is 1. The zero-order valence-electron chi connectivity index (χ0n) is 10.8. The molecule has 1 amide bonds. The van der Waals surface area contributed by atoms with Gasteiger partial charge in [0.15, 0.2) is 0 Å². The Bertz CT molecular complexity index is 479. The Balaban J connectivity index is 2.75. The van der Waals surface area contributed by atoms with Crippen LogP contribution in [0.25, 0.3) is 0 Å². The van der Waals surface area contributed by atoms with Crippen molar-refractivity contribution in [1.29, 1.82) is 0 Å². The summed E-state index contributed by atoms with van der Waals surface area (Å²) in [5.41, 5.74) is 0.369. The molecule has 1 aromatic carbocycles. The van der Waals surface area contributed by atoms with Gasteiger partial charge in [-0.25, -0.2) is 0 Å². The predicted molar refractivity (Wildman–Crippen MR) is 77.0 cm³/mol. The van der Waals surface area contributed by atoms with E-state index in [1.807, 2.05) is 12.3 Å². The molecule has 0 saturated carbocycles. The summed E-state index contributed by atoms with van der Waals surface area (Å²) in [6.07, 6.45) is 2.37. The van der Waals surface area contributed by atoms with Gasteiger partial charge in [0.1, 0.15) is 0 Å². The second kappa shape index (κ2) is 7.40. The topological polar surface area (TPSA) is 66.4 Å². The van der Waals surface area contributed by atoms with Gasteiger partial charge in [-0.1, -0.05) is 18.5 Å². The molecule has 4 nitrogen and oxygen atoms in total. The number of hydrogen-bond acceptors (Lipinski definition) is 3. The zero-order valence-corrected chi connectivity index (χ0v) is 12.3. The summed E-state index contributed by atoms with van der Waals surface area (Å²) in [6.45, 7) is 1.87. The maximum absolute atomic E-state index is 12.0. The Hall–Kier alpha value is -1.20. The van der Waals surface area contributed by atoms with Gasteiger partial charge in [0.2, 0.25) is 0 Å². The molecule has 0 aliphatic rings. The number of hydrogen-bond donors (Lipinski definition) is 2. The monoisotopic (exact) mass is 301 g/mol. The lowest BCUT2D eigenvalue weighted by Gasteiger charge is -2.12. The van der Waals surface area contributed by atoms with E-state index in [9.17, 15) is 9.59 Å². The standard InChI is InChI=1S/C13H16ClNO3S/c1-3-8(13(17)18)7-15-12(16)10-6-9(19-2)4-5-11(10)14/h4-6,8H,3,7H2,1-2H3,(H,15,16)(H,17,18). The number of carboxylic acid groups (broad SMARTS) is 1. The van der Waals surface area contributed by atoms with Crippen molar-refractivity contribution >= 4 is 35.2 Å². The van der Waals surface area contributed by atoms with Gasteiger partial charge in [-0.15, -0.1) is 11.8 Å². The molecule has 19 heavy (non-hydrogen) atoms. The van der Waals surface area contributed by atoms with Crippen LogP contribution in [0.5, 0.6) is 0 Å². The minimum Gasteiger partial charge on any atom is -0.481 e. The fraction of sp³-hybridized carbons (Fsp3) is 0.385. The molecule has 0 spiro atoms. The number of amides is 1. The number of rotatable bonds is 6. The van der Waals surface area contributed by atoms with Crippen LogP contribution in [0.15, 0.2) is 23.1 Å². The van der Waals surface area contributed by atoms with Gasteiger partial charge < -0.3 is 10.4 Å². The summed E-state index contributed by atoms with van der Waals surface area (Å²) in [5, 5.41) is 11.9. The fourth-order valence-corrected chi connectivity index (χ4v) is 2.17. The molecule has 0 saturated heterocycles. The molecule has 0 aromatic heterocycles. The first kappa shape index (κ1) is 15.9. The van der Waals surface area contributed by atoms with E-state index in [0.717, 1.165) is 4.90 Å². The van der Waals surface area contributed by atoms with Crippen molar-refractivity contribution in [2.24, 2.45) is 5.92 Å². The van der Waals surface area contributed by atoms with Crippen LogP contribution in [0, 0.1) is 5.92 Å². The third kappa shape index (κ3) is 4.44. The van der Waals surface area contributed by atoms with E-state index in [0.29, 0.717) is 17.0 Å². The molecule has 6 heteroatoms. The molecule has 0 bridgehead atoms. The lowest BCUT2D eigenvalue weighted by atomic mass is 10.1. The molecule has 0 aliphatic heterocycles. The lowest BCUT2D eigenvalue weighted by Crippen LogP contribution is -2.32. The summed E-state index contributed by atoms with van der Waals surface area (Å²) in [7, 11) is 0. The summed E-state index contributed by atoms with van der Waals surface area (Å²) in [4.78, 5) is 23.8. The van der Waals surface area contributed by atoms with Crippen LogP contribution in [0.3, 0.4) is 0 Å². The summed E-state index contributed by atoms with van der Waals surface area (Å²) in [5.74, 6) is -1.83. The van der Waals surface area contributed by atoms with Crippen molar-refractivity contribution in [3.05, 3.63) is 28.8 Å². The highest BCUT2D eigenvalue weighted by Crippen LogP contribution is 2.22. The summed E-state index contributed by atoms with van der Waals surface area (Å²) >= 11 is 7.48. The molecular formula is C13H16ClNO3S. The van der Waals surface area contributed by atoms with Crippen molar-refractivity contribution in [3.8, 4) is 0 Å². The fourth-order valence-electron chi connectivity index (χ4n) is 1.52. The van der Waals surface area contributed by atoms with Crippen LogP contribution in [0.2, 0.25) is 5.02 Å². The summed E-state index contributed by atoms with van der Waals surface area (Å²) < 4.78 is 0. The molecule has 104 valence electrons. The van der Waals surface area contributed by atoms with E-state index in [1.54, 1.807) is 19.1 Å². The SMILES string of the molecule is CCC(CNC(=O)c1cc(SC)ccc1Cl)C(=O)O. The van der Waals surface area contributed by atoms with Crippen LogP contribution >= 0.6 is 23.4 Å². The van der Waals surface area contributed by atoms with E-state index >= 15 is 0 Å². The van der Waals surface area contributed by atoms with Crippen molar-refractivity contribution in [2.45, 2.75) is 18.2 Å². The second-order valence-corrected chi connectivity index (χ2v) is 5.29. The molecule has 0 radical (unpaired) electrons. The predicted octanol–water partition coefficient (Wildman–Crippen LogP) is 2.90. The third-order valence-corrected chi connectivity index (χ3v) is 3.82. The maximum Gasteiger partial charge on any atom is 0.308 e. The van der Waals surface area contributed by atoms with Crippen LogP contribution in [-0.2, 0) is 4.79 Å². The van der Waals surface area contributed by atoms with E-state index in [2.05, 4.69) is 5.32 Å². The number of carbonyl (C=O) groups is 2. The minimum atomic E-state index is -0.910. The minimum absolute atomic E-state index is 0.102. The Morgan fingerprint density at radius 1 is 1.47 bits per heavy atom. The quantitative estimate of drug-likeness (QED) is 0.793. The number of carbonyl (C=O) groups excluding carboxylic acids is 1. The van der Waals surface area contributed by atoms with Crippen LogP contribution in [0.4, 0.5) is 0 Å². The highest BCUT2D eigenvalue weighted by atomic mass is 35.5. The first-order valence-electron chi connectivity index (χ1n) is 5.84. The van der Waals surface area contributed by atoms with Gasteiger partial charge in [-0.2, -0.15) is 0 Å². The van der Waals surface area contributed by atoms with Gasteiger partial charge in [0.05, 0.1) is 16.5 Å². The van der Waals surface area contributed by atoms with Crippen LogP contribution < -0.4 is 5.32 Å². The Kier molecular flexibility index (Phi) is 6.18. The first-order valence-corrected chi connectivity index (χ1v) is 7.44. The number of carboxylic acids is 1. The molecule has 2 N–H and O–H groups in total. The molecular weight excluding hydrogens is 286 g/mol. The molecule has 1 aromatic rings. The van der Waals surface area contributed by atoms with Gasteiger partial charge in [-0.05, 0) is 30.9 Å². The van der Waals surface area contributed by atoms with Gasteiger partial charge in [-0.3, -0.25) is 9.59 Å². The number of halogens is 1.